The van der Waals surface area contributed by atoms with E-state index in [9.17, 15) is 4.79 Å². The number of nitrogens with zero attached hydrogens (tertiary/aromatic N) is 1. The summed E-state index contributed by atoms with van der Waals surface area (Å²) < 4.78 is 5.42. The summed E-state index contributed by atoms with van der Waals surface area (Å²) >= 11 is 0. The lowest BCUT2D eigenvalue weighted by Crippen LogP contribution is -2.33. The number of pyridine rings is 1. The van der Waals surface area contributed by atoms with Crippen LogP contribution in [-0.4, -0.2) is 37.2 Å². The van der Waals surface area contributed by atoms with E-state index in [-0.39, 0.29) is 5.91 Å². The summed E-state index contributed by atoms with van der Waals surface area (Å²) in [6, 6.07) is 1.90. The van der Waals surface area contributed by atoms with E-state index in [4.69, 9.17) is 4.74 Å². The second kappa shape index (κ2) is 7.24. The maximum Gasteiger partial charge on any atom is 0.254 e. The number of amides is 1. The number of hydrogen-bond donors (Lipinski definition) is 2. The molecule has 1 atom stereocenters. The molecule has 0 spiro atoms. The Labute approximate surface area is 120 Å². The zero-order valence-electron chi connectivity index (χ0n) is 12.2. The molecule has 1 aromatic rings. The average Bonchev–Trinajstić information content (AvgIpc) is 2.46. The molecule has 2 heterocycles. The van der Waals surface area contributed by atoms with Crippen molar-refractivity contribution in [1.82, 2.24) is 10.3 Å². The number of aryl methyl sites for hydroxylation is 1. The number of rotatable bonds is 5. The van der Waals surface area contributed by atoms with Gasteiger partial charge in [-0.3, -0.25) is 9.78 Å². The largest absolute Gasteiger partial charge is 0.385 e. The Morgan fingerprint density at radius 3 is 3.10 bits per heavy atom. The van der Waals surface area contributed by atoms with Crippen molar-refractivity contribution in [3.63, 3.8) is 0 Å². The Bertz CT molecular complexity index is 456. The van der Waals surface area contributed by atoms with E-state index in [1.807, 2.05) is 19.9 Å². The third-order valence-corrected chi connectivity index (χ3v) is 3.46. The molecule has 1 aliphatic rings. The quantitative estimate of drug-likeness (QED) is 0.864. The number of carbonyl (C=O) groups excluding carboxylic acids is 1. The number of nitrogens with one attached hydrogen (secondary N) is 2. The van der Waals surface area contributed by atoms with Gasteiger partial charge in [0.1, 0.15) is 0 Å². The van der Waals surface area contributed by atoms with Gasteiger partial charge in [-0.25, -0.2) is 0 Å². The van der Waals surface area contributed by atoms with E-state index in [2.05, 4.69) is 15.6 Å². The van der Waals surface area contributed by atoms with Crippen LogP contribution < -0.4 is 10.6 Å². The minimum atomic E-state index is -0.0703. The molecule has 1 saturated heterocycles. The summed E-state index contributed by atoms with van der Waals surface area (Å²) in [6.45, 7) is 6.96. The van der Waals surface area contributed by atoms with Crippen LogP contribution in [0, 0.1) is 12.8 Å². The minimum absolute atomic E-state index is 0.0703. The molecule has 1 unspecified atom stereocenters. The van der Waals surface area contributed by atoms with Crippen molar-refractivity contribution in [2.45, 2.75) is 26.7 Å². The predicted octanol–water partition coefficient (Wildman–Crippen LogP) is 1.98. The number of aromatic nitrogens is 1. The Morgan fingerprint density at radius 2 is 2.40 bits per heavy atom. The number of hydrogen-bond acceptors (Lipinski definition) is 4. The van der Waals surface area contributed by atoms with Gasteiger partial charge in [-0.15, -0.1) is 0 Å². The normalized spacial score (nSPS) is 18.6. The fraction of sp³-hybridized carbons (Fsp3) is 0.600. The lowest BCUT2D eigenvalue weighted by molar-refractivity contribution is 0.0536. The topological polar surface area (TPSA) is 63.2 Å². The molecule has 2 N–H and O–H groups in total. The molecule has 0 saturated carbocycles. The van der Waals surface area contributed by atoms with E-state index in [1.54, 1.807) is 6.20 Å². The number of carbonyl (C=O) groups is 1. The van der Waals surface area contributed by atoms with E-state index in [0.717, 1.165) is 44.0 Å². The molecule has 0 radical (unpaired) electrons. The zero-order valence-corrected chi connectivity index (χ0v) is 12.2. The van der Waals surface area contributed by atoms with Gasteiger partial charge >= 0.3 is 0 Å². The van der Waals surface area contributed by atoms with Crippen LogP contribution in [0.25, 0.3) is 0 Å². The van der Waals surface area contributed by atoms with Gasteiger partial charge < -0.3 is 15.4 Å². The molecule has 0 aromatic carbocycles. The lowest BCUT2D eigenvalue weighted by Gasteiger charge is -2.22. The van der Waals surface area contributed by atoms with E-state index >= 15 is 0 Å². The van der Waals surface area contributed by atoms with Gasteiger partial charge in [0.15, 0.2) is 0 Å². The highest BCUT2D eigenvalue weighted by Gasteiger charge is 2.17. The summed E-state index contributed by atoms with van der Waals surface area (Å²) in [4.78, 5) is 16.5. The molecule has 1 aromatic heterocycles. The van der Waals surface area contributed by atoms with Gasteiger partial charge in [0.25, 0.3) is 5.91 Å². The van der Waals surface area contributed by atoms with Crippen molar-refractivity contribution >= 4 is 11.6 Å². The first-order valence-electron chi connectivity index (χ1n) is 7.27. The second-order valence-corrected chi connectivity index (χ2v) is 5.19. The average molecular weight is 277 g/mol. The van der Waals surface area contributed by atoms with Crippen molar-refractivity contribution in [2.75, 3.05) is 31.6 Å². The zero-order chi connectivity index (χ0) is 14.4. The molecule has 1 amide bonds. The summed E-state index contributed by atoms with van der Waals surface area (Å²) in [5.74, 6) is 0.354. The van der Waals surface area contributed by atoms with Crippen LogP contribution in [0.4, 0.5) is 5.69 Å². The Kier molecular flexibility index (Phi) is 5.35. The molecule has 1 fully saturated rings. The Hall–Kier alpha value is -1.62. The van der Waals surface area contributed by atoms with Gasteiger partial charge in [-0.05, 0) is 38.7 Å². The van der Waals surface area contributed by atoms with Crippen LogP contribution in [0.2, 0.25) is 0 Å². The second-order valence-electron chi connectivity index (χ2n) is 5.19. The van der Waals surface area contributed by atoms with Crippen LogP contribution in [0.3, 0.4) is 0 Å². The van der Waals surface area contributed by atoms with Crippen LogP contribution in [0.5, 0.6) is 0 Å². The number of anilines is 1. The van der Waals surface area contributed by atoms with E-state index in [0.29, 0.717) is 18.0 Å². The molecule has 2 rings (SSSR count). The van der Waals surface area contributed by atoms with Crippen molar-refractivity contribution in [3.05, 3.63) is 23.5 Å². The minimum Gasteiger partial charge on any atom is -0.385 e. The fourth-order valence-corrected chi connectivity index (χ4v) is 2.38. The smallest absolute Gasteiger partial charge is 0.254 e. The maximum absolute atomic E-state index is 12.3. The first kappa shape index (κ1) is 14.8. The van der Waals surface area contributed by atoms with Crippen LogP contribution in [0.1, 0.15) is 35.8 Å². The van der Waals surface area contributed by atoms with Crippen molar-refractivity contribution in [3.8, 4) is 0 Å². The fourth-order valence-electron chi connectivity index (χ4n) is 2.38. The predicted molar refractivity (Wildman–Crippen MR) is 79.0 cm³/mol. The van der Waals surface area contributed by atoms with Crippen LogP contribution in [-0.2, 0) is 4.74 Å². The van der Waals surface area contributed by atoms with Crippen LogP contribution >= 0.6 is 0 Å². The van der Waals surface area contributed by atoms with Gasteiger partial charge in [-0.2, -0.15) is 0 Å². The van der Waals surface area contributed by atoms with Crippen molar-refractivity contribution in [1.29, 1.82) is 0 Å². The van der Waals surface area contributed by atoms with Crippen molar-refractivity contribution in [2.24, 2.45) is 5.92 Å². The SMILES string of the molecule is CCNc1cc(C)ncc1C(=O)NCC1CCCOC1. The highest BCUT2D eigenvalue weighted by Crippen LogP contribution is 2.16. The summed E-state index contributed by atoms with van der Waals surface area (Å²) in [5.41, 5.74) is 2.35. The third-order valence-electron chi connectivity index (χ3n) is 3.46. The number of ether oxygens (including phenoxy) is 1. The van der Waals surface area contributed by atoms with Crippen LogP contribution in [0.15, 0.2) is 12.3 Å². The molecule has 0 bridgehead atoms. The molecular weight excluding hydrogens is 254 g/mol. The molecule has 1 aliphatic heterocycles. The standard InChI is InChI=1S/C15H23N3O2/c1-3-16-14-7-11(2)17-9-13(14)15(19)18-8-12-5-4-6-20-10-12/h7,9,12H,3-6,8,10H2,1-2H3,(H,16,17)(H,18,19). The molecule has 5 heteroatoms. The lowest BCUT2D eigenvalue weighted by atomic mass is 10.0. The van der Waals surface area contributed by atoms with Crippen molar-refractivity contribution < 1.29 is 9.53 Å². The first-order valence-corrected chi connectivity index (χ1v) is 7.27. The molecule has 110 valence electrons. The summed E-state index contributed by atoms with van der Waals surface area (Å²) in [7, 11) is 0. The molecule has 0 aliphatic carbocycles. The maximum atomic E-state index is 12.3. The summed E-state index contributed by atoms with van der Waals surface area (Å²) in [6.07, 6.45) is 3.84. The highest BCUT2D eigenvalue weighted by molar-refractivity contribution is 5.99. The Morgan fingerprint density at radius 1 is 1.55 bits per heavy atom. The highest BCUT2D eigenvalue weighted by atomic mass is 16.5. The van der Waals surface area contributed by atoms with Gasteiger partial charge in [0.05, 0.1) is 17.9 Å². The van der Waals surface area contributed by atoms with E-state index < -0.39 is 0 Å². The Balaban J connectivity index is 1.97. The summed E-state index contributed by atoms with van der Waals surface area (Å²) in [5, 5.41) is 6.20. The molecule has 5 nitrogen and oxygen atoms in total. The van der Waals surface area contributed by atoms with E-state index in [1.165, 1.54) is 0 Å². The first-order chi connectivity index (χ1) is 9.70. The van der Waals surface area contributed by atoms with Gasteiger partial charge in [-0.1, -0.05) is 0 Å². The van der Waals surface area contributed by atoms with Gasteiger partial charge in [0.2, 0.25) is 0 Å². The molecular formula is C15H23N3O2. The monoisotopic (exact) mass is 277 g/mol. The van der Waals surface area contributed by atoms with Gasteiger partial charge in [0, 0.05) is 31.6 Å². The molecule has 20 heavy (non-hydrogen) atoms. The third kappa shape index (κ3) is 3.93.